The van der Waals surface area contributed by atoms with Crippen molar-refractivity contribution in [3.8, 4) is 0 Å². The number of aliphatic carboxylic acids is 1. The van der Waals surface area contributed by atoms with E-state index in [4.69, 9.17) is 5.11 Å². The van der Waals surface area contributed by atoms with Crippen molar-refractivity contribution < 1.29 is 18.3 Å². The van der Waals surface area contributed by atoms with E-state index in [1.165, 1.54) is 24.3 Å². The largest absolute Gasteiger partial charge is 0.481 e. The molecular weight excluding hydrogens is 254 g/mol. The Hall–Kier alpha value is -1.66. The molecule has 0 saturated heterocycles. The highest BCUT2D eigenvalue weighted by molar-refractivity contribution is 7.89. The first kappa shape index (κ1) is 14.4. The van der Waals surface area contributed by atoms with Crippen molar-refractivity contribution in [3.63, 3.8) is 0 Å². The van der Waals surface area contributed by atoms with Gasteiger partial charge in [0.2, 0.25) is 10.0 Å². The molecule has 0 aliphatic carbocycles. The van der Waals surface area contributed by atoms with Gasteiger partial charge in [0.25, 0.3) is 0 Å². The predicted molar refractivity (Wildman–Crippen MR) is 67.8 cm³/mol. The van der Waals surface area contributed by atoms with E-state index < -0.39 is 16.0 Å². The zero-order chi connectivity index (χ0) is 13.6. The Kier molecular flexibility index (Phi) is 5.06. The first-order valence-corrected chi connectivity index (χ1v) is 6.85. The third kappa shape index (κ3) is 4.31. The van der Waals surface area contributed by atoms with Crippen molar-refractivity contribution in [1.29, 1.82) is 0 Å². The minimum absolute atomic E-state index is 0.121. The molecule has 0 bridgehead atoms. The topological polar surface area (TPSA) is 83.5 Å². The van der Waals surface area contributed by atoms with Crippen LogP contribution in [-0.4, -0.2) is 26.0 Å². The van der Waals surface area contributed by atoms with Crippen molar-refractivity contribution in [1.82, 2.24) is 4.72 Å². The number of sulfonamides is 1. The summed E-state index contributed by atoms with van der Waals surface area (Å²) in [5.74, 6) is -0.949. The van der Waals surface area contributed by atoms with Crippen molar-refractivity contribution in [2.45, 2.75) is 17.7 Å². The molecule has 2 N–H and O–H groups in total. The van der Waals surface area contributed by atoms with Gasteiger partial charge >= 0.3 is 5.97 Å². The summed E-state index contributed by atoms with van der Waals surface area (Å²) in [6.07, 6.45) is 2.05. The Morgan fingerprint density at radius 1 is 1.33 bits per heavy atom. The number of rotatable bonds is 7. The molecule has 5 nitrogen and oxygen atoms in total. The lowest BCUT2D eigenvalue weighted by Crippen LogP contribution is -2.24. The van der Waals surface area contributed by atoms with Crippen LogP contribution < -0.4 is 4.72 Å². The van der Waals surface area contributed by atoms with Gasteiger partial charge in [-0.05, 0) is 24.1 Å². The highest BCUT2D eigenvalue weighted by Crippen LogP contribution is 2.11. The number of nitrogens with one attached hydrogen (secondary N) is 1. The maximum Gasteiger partial charge on any atom is 0.307 e. The van der Waals surface area contributed by atoms with Crippen LogP contribution in [0.5, 0.6) is 0 Å². The zero-order valence-corrected chi connectivity index (χ0v) is 10.6. The molecule has 1 aromatic rings. The van der Waals surface area contributed by atoms with Crippen LogP contribution in [0.2, 0.25) is 0 Å². The number of hydrogen-bond donors (Lipinski definition) is 2. The van der Waals surface area contributed by atoms with E-state index >= 15 is 0 Å². The van der Waals surface area contributed by atoms with Gasteiger partial charge in [-0.25, -0.2) is 13.1 Å². The molecule has 0 amide bonds. The average molecular weight is 269 g/mol. The molecule has 0 unspecified atom stereocenters. The summed E-state index contributed by atoms with van der Waals surface area (Å²) >= 11 is 0. The third-order valence-electron chi connectivity index (χ3n) is 2.23. The summed E-state index contributed by atoms with van der Waals surface area (Å²) in [4.78, 5) is 10.6. The van der Waals surface area contributed by atoms with Gasteiger partial charge < -0.3 is 5.11 Å². The van der Waals surface area contributed by atoms with E-state index in [2.05, 4.69) is 11.3 Å². The number of hydrogen-bond acceptors (Lipinski definition) is 3. The molecule has 0 atom stereocenters. The van der Waals surface area contributed by atoms with Crippen molar-refractivity contribution >= 4 is 16.0 Å². The predicted octanol–water partition coefficient (Wildman–Crippen LogP) is 1.17. The molecule has 1 rings (SSSR count). The molecule has 0 heterocycles. The lowest BCUT2D eigenvalue weighted by molar-refractivity contribution is -0.136. The van der Waals surface area contributed by atoms with Gasteiger partial charge in [-0.15, -0.1) is 6.58 Å². The maximum absolute atomic E-state index is 11.8. The normalized spacial score (nSPS) is 11.1. The fourth-order valence-electron chi connectivity index (χ4n) is 1.34. The van der Waals surface area contributed by atoms with Crippen molar-refractivity contribution in [2.24, 2.45) is 0 Å². The SMILES string of the molecule is C=CCCNS(=O)(=O)c1ccc(CC(=O)O)cc1. The number of benzene rings is 1. The monoisotopic (exact) mass is 269 g/mol. The van der Waals surface area contributed by atoms with E-state index in [0.717, 1.165) is 0 Å². The second-order valence-corrected chi connectivity index (χ2v) is 5.46. The van der Waals surface area contributed by atoms with Crippen molar-refractivity contribution in [3.05, 3.63) is 42.5 Å². The molecule has 0 aliphatic rings. The number of carboxylic acids is 1. The molecule has 0 saturated carbocycles. The highest BCUT2D eigenvalue weighted by atomic mass is 32.2. The Labute approximate surface area is 106 Å². The van der Waals surface area contributed by atoms with Crippen LogP contribution in [0.15, 0.2) is 41.8 Å². The summed E-state index contributed by atoms with van der Waals surface area (Å²) in [5, 5.41) is 8.60. The van der Waals surface area contributed by atoms with E-state index in [9.17, 15) is 13.2 Å². The Balaban J connectivity index is 2.77. The van der Waals surface area contributed by atoms with Gasteiger partial charge in [0, 0.05) is 6.54 Å². The smallest absolute Gasteiger partial charge is 0.307 e. The summed E-state index contributed by atoms with van der Waals surface area (Å²) < 4.78 is 26.0. The molecule has 0 aliphatic heterocycles. The van der Waals surface area contributed by atoms with Crippen LogP contribution in [0, 0.1) is 0 Å². The van der Waals surface area contributed by atoms with Crippen LogP contribution in [-0.2, 0) is 21.2 Å². The second kappa shape index (κ2) is 6.32. The Morgan fingerprint density at radius 3 is 2.44 bits per heavy atom. The van der Waals surface area contributed by atoms with Crippen molar-refractivity contribution in [2.75, 3.05) is 6.54 Å². The molecule has 0 fully saturated rings. The third-order valence-corrected chi connectivity index (χ3v) is 3.71. The lowest BCUT2D eigenvalue weighted by Gasteiger charge is -2.06. The molecule has 6 heteroatoms. The van der Waals surface area contributed by atoms with E-state index in [1.807, 2.05) is 0 Å². The van der Waals surface area contributed by atoms with Gasteiger partial charge in [-0.2, -0.15) is 0 Å². The van der Waals surface area contributed by atoms with Crippen LogP contribution in [0.3, 0.4) is 0 Å². The Bertz CT molecular complexity index is 520. The Morgan fingerprint density at radius 2 is 1.94 bits per heavy atom. The standard InChI is InChI=1S/C12H15NO4S/c1-2-3-8-13-18(16,17)11-6-4-10(5-7-11)9-12(14)15/h2,4-7,13H,1,3,8-9H2,(H,14,15). The van der Waals surface area contributed by atoms with Gasteiger partial charge in [0.15, 0.2) is 0 Å². The van der Waals surface area contributed by atoms with Gasteiger partial charge in [0.05, 0.1) is 11.3 Å². The van der Waals surface area contributed by atoms with Crippen LogP contribution in [0.4, 0.5) is 0 Å². The molecule has 0 radical (unpaired) electrons. The fraction of sp³-hybridized carbons (Fsp3) is 0.250. The highest BCUT2D eigenvalue weighted by Gasteiger charge is 2.12. The molecule has 0 aromatic heterocycles. The number of carbonyl (C=O) groups is 1. The van der Waals surface area contributed by atoms with Gasteiger partial charge in [-0.1, -0.05) is 18.2 Å². The summed E-state index contributed by atoms with van der Waals surface area (Å²) in [5.41, 5.74) is 0.563. The first-order chi connectivity index (χ1) is 8.45. The number of carboxylic acid groups (broad SMARTS) is 1. The molecule has 0 spiro atoms. The molecule has 1 aromatic carbocycles. The summed E-state index contributed by atoms with van der Waals surface area (Å²) in [6, 6.07) is 5.79. The van der Waals surface area contributed by atoms with Crippen LogP contribution in [0.25, 0.3) is 0 Å². The van der Waals surface area contributed by atoms with E-state index in [1.54, 1.807) is 6.08 Å². The quantitative estimate of drug-likeness (QED) is 0.575. The zero-order valence-electron chi connectivity index (χ0n) is 9.80. The minimum atomic E-state index is -3.52. The van der Waals surface area contributed by atoms with E-state index in [-0.39, 0.29) is 11.3 Å². The minimum Gasteiger partial charge on any atom is -0.481 e. The van der Waals surface area contributed by atoms with Gasteiger partial charge in [0.1, 0.15) is 0 Å². The fourth-order valence-corrected chi connectivity index (χ4v) is 2.39. The summed E-state index contributed by atoms with van der Waals surface area (Å²) in [6.45, 7) is 3.80. The van der Waals surface area contributed by atoms with Crippen LogP contribution >= 0.6 is 0 Å². The first-order valence-electron chi connectivity index (χ1n) is 5.37. The lowest BCUT2D eigenvalue weighted by atomic mass is 10.2. The van der Waals surface area contributed by atoms with Crippen LogP contribution in [0.1, 0.15) is 12.0 Å². The van der Waals surface area contributed by atoms with E-state index in [0.29, 0.717) is 18.5 Å². The molecular formula is C12H15NO4S. The molecule has 18 heavy (non-hydrogen) atoms. The summed E-state index contributed by atoms with van der Waals surface area (Å²) in [7, 11) is -3.52. The van der Waals surface area contributed by atoms with Gasteiger partial charge in [-0.3, -0.25) is 4.79 Å². The second-order valence-electron chi connectivity index (χ2n) is 3.69. The molecule has 98 valence electrons. The maximum atomic E-state index is 11.8. The average Bonchev–Trinajstić information content (AvgIpc) is 2.29.